The summed E-state index contributed by atoms with van der Waals surface area (Å²) in [6.07, 6.45) is 1.46. The molecule has 0 radical (unpaired) electrons. The van der Waals surface area contributed by atoms with E-state index in [0.29, 0.717) is 5.02 Å². The Hall–Kier alpha value is -1.55. The van der Waals surface area contributed by atoms with E-state index in [1.54, 1.807) is 18.2 Å². The van der Waals surface area contributed by atoms with Crippen LogP contribution in [0, 0.1) is 0 Å². The van der Waals surface area contributed by atoms with Crippen LogP contribution in [-0.2, 0) is 15.0 Å². The van der Waals surface area contributed by atoms with Gasteiger partial charge in [0.1, 0.15) is 6.04 Å². The van der Waals surface area contributed by atoms with Crippen molar-refractivity contribution in [3.05, 3.63) is 34.9 Å². The van der Waals surface area contributed by atoms with Gasteiger partial charge in [0, 0.05) is 5.02 Å². The summed E-state index contributed by atoms with van der Waals surface area (Å²) in [6.45, 7) is 1.45. The number of nitrogens with one attached hydrogen (secondary N) is 1. The Kier molecular flexibility index (Phi) is 3.30. The summed E-state index contributed by atoms with van der Waals surface area (Å²) in [5.74, 6) is -1.27. The number of carboxylic acid groups (broad SMARTS) is 1. The minimum absolute atomic E-state index is 0.236. The van der Waals surface area contributed by atoms with Crippen LogP contribution in [0.2, 0.25) is 5.02 Å². The highest BCUT2D eigenvalue weighted by molar-refractivity contribution is 6.30. The van der Waals surface area contributed by atoms with Crippen LogP contribution in [0.1, 0.15) is 25.3 Å². The minimum Gasteiger partial charge on any atom is -0.480 e. The second kappa shape index (κ2) is 4.61. The number of hydrogen-bond acceptors (Lipinski definition) is 2. The lowest BCUT2D eigenvalue weighted by atomic mass is 9.95. The maximum Gasteiger partial charge on any atom is 0.325 e. The topological polar surface area (TPSA) is 66.4 Å². The Morgan fingerprint density at radius 2 is 2.11 bits per heavy atom. The van der Waals surface area contributed by atoms with Crippen molar-refractivity contribution in [3.8, 4) is 0 Å². The van der Waals surface area contributed by atoms with Crippen LogP contribution in [0.4, 0.5) is 0 Å². The number of rotatable bonds is 4. The first-order valence-corrected chi connectivity index (χ1v) is 6.13. The van der Waals surface area contributed by atoms with Crippen molar-refractivity contribution < 1.29 is 14.7 Å². The molecule has 0 heterocycles. The molecule has 0 unspecified atom stereocenters. The van der Waals surface area contributed by atoms with E-state index in [1.165, 1.54) is 6.92 Å². The molecule has 4 nitrogen and oxygen atoms in total. The average molecular weight is 268 g/mol. The summed E-state index contributed by atoms with van der Waals surface area (Å²) >= 11 is 5.91. The standard InChI is InChI=1S/C13H14ClNO3/c1-8(11(16)17)15-12(18)13(5-6-13)9-3-2-4-10(14)7-9/h2-4,7-8H,5-6H2,1H3,(H,15,18)(H,16,17)/t8-/m1/s1. The lowest BCUT2D eigenvalue weighted by Gasteiger charge is -2.18. The molecule has 0 bridgehead atoms. The first-order chi connectivity index (χ1) is 8.45. The zero-order valence-corrected chi connectivity index (χ0v) is 10.7. The van der Waals surface area contributed by atoms with Crippen molar-refractivity contribution in [1.82, 2.24) is 5.32 Å². The summed E-state index contributed by atoms with van der Waals surface area (Å²) in [4.78, 5) is 22.9. The fourth-order valence-electron chi connectivity index (χ4n) is 1.95. The molecule has 18 heavy (non-hydrogen) atoms. The first-order valence-electron chi connectivity index (χ1n) is 5.75. The fourth-order valence-corrected chi connectivity index (χ4v) is 2.14. The van der Waals surface area contributed by atoms with Gasteiger partial charge in [-0.2, -0.15) is 0 Å². The molecular weight excluding hydrogens is 254 g/mol. The third-order valence-corrected chi connectivity index (χ3v) is 3.51. The van der Waals surface area contributed by atoms with E-state index in [1.807, 2.05) is 6.07 Å². The molecule has 0 aromatic heterocycles. The van der Waals surface area contributed by atoms with Crippen molar-refractivity contribution in [3.63, 3.8) is 0 Å². The van der Waals surface area contributed by atoms with Gasteiger partial charge in [-0.3, -0.25) is 9.59 Å². The van der Waals surface area contributed by atoms with Gasteiger partial charge in [0.2, 0.25) is 5.91 Å². The van der Waals surface area contributed by atoms with Crippen LogP contribution >= 0.6 is 11.6 Å². The van der Waals surface area contributed by atoms with Crippen molar-refractivity contribution in [2.45, 2.75) is 31.2 Å². The third kappa shape index (κ3) is 2.34. The van der Waals surface area contributed by atoms with E-state index in [0.717, 1.165) is 18.4 Å². The van der Waals surface area contributed by atoms with Gasteiger partial charge in [0.05, 0.1) is 5.41 Å². The van der Waals surface area contributed by atoms with Gasteiger partial charge in [0.25, 0.3) is 0 Å². The maximum atomic E-state index is 12.1. The number of carbonyl (C=O) groups excluding carboxylic acids is 1. The van der Waals surface area contributed by atoms with E-state index in [4.69, 9.17) is 16.7 Å². The van der Waals surface area contributed by atoms with Crippen LogP contribution in [-0.4, -0.2) is 23.0 Å². The number of amides is 1. The smallest absolute Gasteiger partial charge is 0.325 e. The van der Waals surface area contributed by atoms with Crippen LogP contribution < -0.4 is 5.32 Å². The number of benzene rings is 1. The largest absolute Gasteiger partial charge is 0.480 e. The molecule has 1 aliphatic rings. The third-order valence-electron chi connectivity index (χ3n) is 3.28. The van der Waals surface area contributed by atoms with Crippen LogP contribution in [0.15, 0.2) is 24.3 Å². The molecular formula is C13H14ClNO3. The molecule has 1 amide bonds. The number of carbonyl (C=O) groups is 2. The highest BCUT2D eigenvalue weighted by atomic mass is 35.5. The number of halogens is 1. The molecule has 1 aromatic rings. The molecule has 2 N–H and O–H groups in total. The minimum atomic E-state index is -1.04. The summed E-state index contributed by atoms with van der Waals surface area (Å²) in [6, 6.07) is 6.28. The second-order valence-corrected chi connectivity index (χ2v) is 5.06. The first kappa shape index (κ1) is 12.9. The predicted octanol–water partition coefficient (Wildman–Crippen LogP) is 1.96. The fraction of sp³-hybridized carbons (Fsp3) is 0.385. The lowest BCUT2D eigenvalue weighted by Crippen LogP contribution is -2.43. The van der Waals surface area contributed by atoms with E-state index in [9.17, 15) is 9.59 Å². The van der Waals surface area contributed by atoms with Gasteiger partial charge in [0.15, 0.2) is 0 Å². The predicted molar refractivity (Wildman–Crippen MR) is 67.6 cm³/mol. The van der Waals surface area contributed by atoms with Gasteiger partial charge in [-0.25, -0.2) is 0 Å². The summed E-state index contributed by atoms with van der Waals surface area (Å²) in [5.41, 5.74) is 0.263. The monoisotopic (exact) mass is 267 g/mol. The van der Waals surface area contributed by atoms with Crippen molar-refractivity contribution in [2.24, 2.45) is 0 Å². The van der Waals surface area contributed by atoms with Gasteiger partial charge in [-0.1, -0.05) is 23.7 Å². The van der Waals surface area contributed by atoms with E-state index < -0.39 is 17.4 Å². The molecule has 0 aliphatic heterocycles. The highest BCUT2D eigenvalue weighted by Crippen LogP contribution is 2.48. The molecule has 1 aromatic carbocycles. The number of carboxylic acids is 1. The highest BCUT2D eigenvalue weighted by Gasteiger charge is 2.51. The lowest BCUT2D eigenvalue weighted by molar-refractivity contribution is -0.141. The molecule has 0 spiro atoms. The van der Waals surface area contributed by atoms with E-state index in [2.05, 4.69) is 5.32 Å². The molecule has 1 aliphatic carbocycles. The average Bonchev–Trinajstić information content (AvgIpc) is 3.09. The Morgan fingerprint density at radius 1 is 1.44 bits per heavy atom. The summed E-state index contributed by atoms with van der Waals surface area (Å²) in [5, 5.41) is 11.9. The number of hydrogen-bond donors (Lipinski definition) is 2. The van der Waals surface area contributed by atoms with Gasteiger partial charge in [-0.05, 0) is 37.5 Å². The quantitative estimate of drug-likeness (QED) is 0.876. The summed E-state index contributed by atoms with van der Waals surface area (Å²) in [7, 11) is 0. The molecule has 1 fully saturated rings. The molecule has 1 atom stereocenters. The van der Waals surface area contributed by atoms with Crippen molar-refractivity contribution in [1.29, 1.82) is 0 Å². The van der Waals surface area contributed by atoms with Crippen molar-refractivity contribution >= 4 is 23.5 Å². The Bertz CT molecular complexity index is 497. The van der Waals surface area contributed by atoms with Crippen LogP contribution in [0.25, 0.3) is 0 Å². The van der Waals surface area contributed by atoms with Gasteiger partial charge < -0.3 is 10.4 Å². The van der Waals surface area contributed by atoms with Gasteiger partial charge >= 0.3 is 5.97 Å². The number of aliphatic carboxylic acids is 1. The van der Waals surface area contributed by atoms with Crippen LogP contribution in [0.3, 0.4) is 0 Å². The van der Waals surface area contributed by atoms with Crippen LogP contribution in [0.5, 0.6) is 0 Å². The van der Waals surface area contributed by atoms with Crippen molar-refractivity contribution in [2.75, 3.05) is 0 Å². The SMILES string of the molecule is C[C@@H](NC(=O)C1(c2cccc(Cl)c2)CC1)C(=O)O. The van der Waals surface area contributed by atoms with E-state index in [-0.39, 0.29) is 5.91 Å². The second-order valence-electron chi connectivity index (χ2n) is 4.63. The Labute approximate surface area is 110 Å². The zero-order chi connectivity index (χ0) is 13.3. The summed E-state index contributed by atoms with van der Waals surface area (Å²) < 4.78 is 0. The van der Waals surface area contributed by atoms with E-state index >= 15 is 0 Å². The Balaban J connectivity index is 2.17. The molecule has 2 rings (SSSR count). The maximum absolute atomic E-state index is 12.1. The normalized spacial score (nSPS) is 17.9. The Morgan fingerprint density at radius 3 is 2.61 bits per heavy atom. The molecule has 1 saturated carbocycles. The molecule has 5 heteroatoms. The molecule has 96 valence electrons. The molecule has 0 saturated heterocycles. The van der Waals surface area contributed by atoms with Gasteiger partial charge in [-0.15, -0.1) is 0 Å². The zero-order valence-electron chi connectivity index (χ0n) is 9.94.